The molecule has 0 bridgehead atoms. The SMILES string of the molecule is O=C1CCC(=O)N1O.[N-]=[N+]=C1C=CC(C(=O)O)=C(O)C1. The van der Waals surface area contributed by atoms with Gasteiger partial charge in [0.1, 0.15) is 12.2 Å². The number of nitrogens with zero attached hydrogens (tertiary/aromatic N) is 3. The van der Waals surface area contributed by atoms with Crippen molar-refractivity contribution in [2.75, 3.05) is 0 Å². The van der Waals surface area contributed by atoms with Crippen LogP contribution in [0.4, 0.5) is 0 Å². The molecular formula is C11H11N3O6. The number of allylic oxidation sites excluding steroid dienone is 2. The standard InChI is InChI=1S/C7H6N2O3.C4H5NO3/c8-9-4-1-2-5(7(11)12)6(10)3-4;6-3-1-2-4(7)5(3)8/h1-2,10H,3H2,(H,11,12);8H,1-2H2. The number of aliphatic hydroxyl groups excluding tert-OH is 1. The normalized spacial score (nSPS) is 17.9. The lowest BCUT2D eigenvalue weighted by atomic mass is 10.0. The highest BCUT2D eigenvalue weighted by molar-refractivity contribution is 6.01. The van der Waals surface area contributed by atoms with Gasteiger partial charge in [0.2, 0.25) is 0 Å². The minimum absolute atomic E-state index is 0.0470. The summed E-state index contributed by atoms with van der Waals surface area (Å²) < 4.78 is 0. The van der Waals surface area contributed by atoms with E-state index in [0.29, 0.717) is 0 Å². The van der Waals surface area contributed by atoms with Crippen LogP contribution in [-0.2, 0) is 14.4 Å². The molecule has 2 aliphatic rings. The van der Waals surface area contributed by atoms with Crippen molar-refractivity contribution in [1.82, 2.24) is 5.06 Å². The second-order valence-electron chi connectivity index (χ2n) is 3.87. The van der Waals surface area contributed by atoms with Crippen LogP contribution < -0.4 is 0 Å². The number of aliphatic hydroxyl groups is 1. The topological polar surface area (TPSA) is 152 Å². The molecule has 0 aromatic heterocycles. The Morgan fingerprint density at radius 1 is 1.25 bits per heavy atom. The van der Waals surface area contributed by atoms with Crippen molar-refractivity contribution >= 4 is 23.5 Å². The van der Waals surface area contributed by atoms with E-state index in [1.807, 2.05) is 0 Å². The van der Waals surface area contributed by atoms with Gasteiger partial charge in [0.05, 0.1) is 5.57 Å². The van der Waals surface area contributed by atoms with Gasteiger partial charge in [-0.15, -0.1) is 0 Å². The van der Waals surface area contributed by atoms with Crippen LogP contribution >= 0.6 is 0 Å². The van der Waals surface area contributed by atoms with Crippen LogP contribution in [0.1, 0.15) is 19.3 Å². The maximum absolute atomic E-state index is 10.4. The summed E-state index contributed by atoms with van der Waals surface area (Å²) in [7, 11) is 0. The largest absolute Gasteiger partial charge is 0.511 e. The molecule has 0 radical (unpaired) electrons. The van der Waals surface area contributed by atoms with E-state index in [2.05, 4.69) is 4.79 Å². The smallest absolute Gasteiger partial charge is 0.339 e. The first-order chi connectivity index (χ1) is 9.36. The van der Waals surface area contributed by atoms with Crippen LogP contribution in [0.15, 0.2) is 23.5 Å². The Labute approximate surface area is 112 Å². The van der Waals surface area contributed by atoms with Crippen molar-refractivity contribution in [1.29, 1.82) is 0 Å². The molecule has 1 fully saturated rings. The third-order valence-electron chi connectivity index (χ3n) is 2.49. The van der Waals surface area contributed by atoms with Crippen molar-refractivity contribution < 1.29 is 34.6 Å². The van der Waals surface area contributed by atoms with Gasteiger partial charge >= 0.3 is 5.97 Å². The zero-order valence-electron chi connectivity index (χ0n) is 10.2. The molecule has 1 aliphatic heterocycles. The first-order valence-corrected chi connectivity index (χ1v) is 5.46. The van der Waals surface area contributed by atoms with E-state index in [0.717, 1.165) is 0 Å². The number of imide groups is 1. The molecule has 1 aliphatic carbocycles. The molecule has 20 heavy (non-hydrogen) atoms. The Morgan fingerprint density at radius 3 is 2.10 bits per heavy atom. The summed E-state index contributed by atoms with van der Waals surface area (Å²) in [4.78, 5) is 33.7. The Kier molecular flexibility index (Phi) is 4.90. The van der Waals surface area contributed by atoms with Gasteiger partial charge in [-0.3, -0.25) is 14.8 Å². The van der Waals surface area contributed by atoms with Crippen LogP contribution in [0.2, 0.25) is 0 Å². The van der Waals surface area contributed by atoms with E-state index in [4.69, 9.17) is 21.0 Å². The zero-order valence-corrected chi connectivity index (χ0v) is 10.2. The van der Waals surface area contributed by atoms with Crippen molar-refractivity contribution in [2.45, 2.75) is 19.3 Å². The number of carboxylic acid groups (broad SMARTS) is 1. The predicted octanol–water partition coefficient (Wildman–Crippen LogP) is 0.0384. The van der Waals surface area contributed by atoms with Gasteiger partial charge in [-0.05, 0) is 6.08 Å². The van der Waals surface area contributed by atoms with Gasteiger partial charge < -0.3 is 15.7 Å². The second-order valence-corrected chi connectivity index (χ2v) is 3.87. The number of hydroxylamine groups is 2. The molecule has 9 nitrogen and oxygen atoms in total. The van der Waals surface area contributed by atoms with Crippen LogP contribution in [0.3, 0.4) is 0 Å². The van der Waals surface area contributed by atoms with E-state index in [-0.39, 0.29) is 41.4 Å². The van der Waals surface area contributed by atoms with Crippen molar-refractivity contribution in [3.8, 4) is 0 Å². The minimum Gasteiger partial charge on any atom is -0.511 e. The molecule has 3 N–H and O–H groups in total. The van der Waals surface area contributed by atoms with Gasteiger partial charge in [0, 0.05) is 18.9 Å². The lowest BCUT2D eigenvalue weighted by Gasteiger charge is -2.02. The fourth-order valence-corrected chi connectivity index (χ4v) is 1.43. The van der Waals surface area contributed by atoms with Crippen LogP contribution in [0.5, 0.6) is 0 Å². The monoisotopic (exact) mass is 281 g/mol. The average molecular weight is 281 g/mol. The van der Waals surface area contributed by atoms with E-state index in [1.54, 1.807) is 0 Å². The number of carbonyl (C=O) groups is 3. The predicted molar refractivity (Wildman–Crippen MR) is 62.5 cm³/mol. The molecule has 0 aromatic carbocycles. The highest BCUT2D eigenvalue weighted by Crippen LogP contribution is 2.13. The Hall–Kier alpha value is -2.77. The number of carbonyl (C=O) groups excluding carboxylic acids is 2. The molecule has 1 heterocycles. The maximum atomic E-state index is 10.4. The fourth-order valence-electron chi connectivity index (χ4n) is 1.43. The molecule has 2 rings (SSSR count). The zero-order chi connectivity index (χ0) is 15.3. The fraction of sp³-hybridized carbons (Fsp3) is 0.273. The molecule has 1 saturated heterocycles. The number of aliphatic carboxylic acids is 1. The first-order valence-electron chi connectivity index (χ1n) is 5.46. The minimum atomic E-state index is -1.19. The summed E-state index contributed by atoms with van der Waals surface area (Å²) in [5.74, 6) is -2.50. The van der Waals surface area contributed by atoms with E-state index in [9.17, 15) is 14.4 Å². The molecule has 0 spiro atoms. The lowest BCUT2D eigenvalue weighted by molar-refractivity contribution is -0.171. The summed E-state index contributed by atoms with van der Waals surface area (Å²) in [5.41, 5.74) is 8.36. The number of amides is 2. The lowest BCUT2D eigenvalue weighted by Crippen LogP contribution is -2.24. The van der Waals surface area contributed by atoms with Gasteiger partial charge in [-0.2, -0.15) is 9.85 Å². The summed E-state index contributed by atoms with van der Waals surface area (Å²) >= 11 is 0. The third-order valence-corrected chi connectivity index (χ3v) is 2.49. The van der Waals surface area contributed by atoms with Crippen LogP contribution in [0, 0.1) is 0 Å². The number of hydrogen-bond acceptors (Lipinski definition) is 5. The Morgan fingerprint density at radius 2 is 1.80 bits per heavy atom. The molecule has 0 saturated carbocycles. The molecule has 0 atom stereocenters. The highest BCUT2D eigenvalue weighted by atomic mass is 16.5. The van der Waals surface area contributed by atoms with Crippen molar-refractivity contribution in [3.63, 3.8) is 0 Å². The van der Waals surface area contributed by atoms with Crippen molar-refractivity contribution in [2.24, 2.45) is 0 Å². The molecule has 106 valence electrons. The second kappa shape index (κ2) is 6.41. The molecule has 0 unspecified atom stereocenters. The number of carboxylic acids is 1. The third kappa shape index (κ3) is 3.61. The summed E-state index contributed by atoms with van der Waals surface area (Å²) in [6.07, 6.45) is 2.78. The summed E-state index contributed by atoms with van der Waals surface area (Å²) in [6, 6.07) is 0. The molecule has 0 aromatic rings. The summed E-state index contributed by atoms with van der Waals surface area (Å²) in [5, 5.41) is 26.2. The quantitative estimate of drug-likeness (QED) is 0.267. The van der Waals surface area contributed by atoms with Crippen LogP contribution in [-0.4, -0.2) is 48.8 Å². The first kappa shape index (κ1) is 15.3. The van der Waals surface area contributed by atoms with E-state index >= 15 is 0 Å². The van der Waals surface area contributed by atoms with Crippen molar-refractivity contribution in [3.05, 3.63) is 29.0 Å². The van der Waals surface area contributed by atoms with Gasteiger partial charge in [0.15, 0.2) is 0 Å². The number of hydrogen-bond donors (Lipinski definition) is 3. The molecular weight excluding hydrogens is 270 g/mol. The van der Waals surface area contributed by atoms with Gasteiger partial charge in [-0.25, -0.2) is 4.79 Å². The highest BCUT2D eigenvalue weighted by Gasteiger charge is 2.26. The Balaban J connectivity index is 0.000000217. The van der Waals surface area contributed by atoms with Gasteiger partial charge in [-0.1, -0.05) is 0 Å². The molecule has 2 amide bonds. The summed E-state index contributed by atoms with van der Waals surface area (Å²) in [6.45, 7) is 0. The average Bonchev–Trinajstić information content (AvgIpc) is 2.70. The Bertz CT molecular complexity index is 555. The maximum Gasteiger partial charge on any atom is 0.339 e. The van der Waals surface area contributed by atoms with E-state index in [1.165, 1.54) is 12.2 Å². The molecule has 9 heteroatoms. The van der Waals surface area contributed by atoms with E-state index < -0.39 is 17.8 Å². The number of rotatable bonds is 1. The van der Waals surface area contributed by atoms with Crippen LogP contribution in [0.25, 0.3) is 5.53 Å². The van der Waals surface area contributed by atoms with Gasteiger partial charge in [0.25, 0.3) is 17.5 Å².